The molecule has 1 aromatic rings. The van der Waals surface area contributed by atoms with Crippen molar-refractivity contribution in [2.45, 2.75) is 12.6 Å². The monoisotopic (exact) mass is 268 g/mol. The molecule has 0 aromatic heterocycles. The van der Waals surface area contributed by atoms with E-state index in [4.69, 9.17) is 6.57 Å². The quantitative estimate of drug-likeness (QED) is 0.572. The zero-order chi connectivity index (χ0) is 14.0. The molecule has 2 nitrogen and oxygen atoms in total. The molecule has 1 aliphatic rings. The topological polar surface area (TPSA) is 16.7 Å². The lowest BCUT2D eigenvalue weighted by Crippen LogP contribution is -2.10. The molecule has 0 spiro atoms. The van der Waals surface area contributed by atoms with Gasteiger partial charge in [-0.1, -0.05) is 6.07 Å². The van der Waals surface area contributed by atoms with E-state index in [2.05, 4.69) is 9.84 Å². The lowest BCUT2D eigenvalue weighted by molar-refractivity contribution is -0.140. The van der Waals surface area contributed by atoms with Crippen LogP contribution in [-0.2, 0) is 6.18 Å². The number of nitrogens with zero attached hydrogens (tertiary/aromatic N) is 2. The largest absolute Gasteiger partial charge is 0.419 e. The Morgan fingerprint density at radius 3 is 2.68 bits per heavy atom. The Balaban J connectivity index is 2.28. The molecule has 0 aliphatic carbocycles. The van der Waals surface area contributed by atoms with Crippen LogP contribution in [0.3, 0.4) is 0 Å². The molecular formula is C13H8F4N2. The van der Waals surface area contributed by atoms with E-state index in [0.29, 0.717) is 12.1 Å². The van der Waals surface area contributed by atoms with Gasteiger partial charge in [-0.25, -0.2) is 11.0 Å². The lowest BCUT2D eigenvalue weighted by Gasteiger charge is -2.10. The van der Waals surface area contributed by atoms with E-state index in [1.807, 2.05) is 0 Å². The van der Waals surface area contributed by atoms with Crippen molar-refractivity contribution >= 4 is 5.71 Å². The molecule has 0 amide bonds. The zero-order valence-corrected chi connectivity index (χ0v) is 9.63. The molecule has 1 heterocycles. The van der Waals surface area contributed by atoms with Crippen LogP contribution in [0.4, 0.5) is 17.6 Å². The summed E-state index contributed by atoms with van der Waals surface area (Å²) < 4.78 is 50.9. The Hall–Kier alpha value is -2.16. The standard InChI is InChI=1S/C13H8F4N2/c1-18-6-8-4-12(19-7-8)9-2-3-11(14)10(5-9)13(15,16)17/h2-3,5,7H,4,6H2. The summed E-state index contributed by atoms with van der Waals surface area (Å²) in [5, 5.41) is 0. The highest BCUT2D eigenvalue weighted by atomic mass is 19.4. The molecule has 2 rings (SSSR count). The third-order valence-electron chi connectivity index (χ3n) is 2.68. The highest BCUT2D eigenvalue weighted by molar-refractivity contribution is 6.03. The molecule has 1 aromatic carbocycles. The van der Waals surface area contributed by atoms with Gasteiger partial charge in [0.05, 0.1) is 11.3 Å². The maximum Gasteiger partial charge on any atom is 0.419 e. The predicted molar refractivity (Wildman–Crippen MR) is 62.1 cm³/mol. The number of rotatable bonds is 2. The molecule has 0 radical (unpaired) electrons. The van der Waals surface area contributed by atoms with Gasteiger partial charge in [0.25, 0.3) is 0 Å². The summed E-state index contributed by atoms with van der Waals surface area (Å²) in [5.41, 5.74) is 0.0864. The molecule has 0 saturated carbocycles. The zero-order valence-electron chi connectivity index (χ0n) is 9.63. The summed E-state index contributed by atoms with van der Waals surface area (Å²) in [5.74, 6) is -1.30. The van der Waals surface area contributed by atoms with E-state index in [-0.39, 0.29) is 12.1 Å². The van der Waals surface area contributed by atoms with E-state index in [9.17, 15) is 17.6 Å². The molecule has 0 bridgehead atoms. The number of hydrogen-bond donors (Lipinski definition) is 0. The van der Waals surface area contributed by atoms with Gasteiger partial charge in [-0.05, 0) is 17.7 Å². The van der Waals surface area contributed by atoms with Crippen LogP contribution in [0.2, 0.25) is 0 Å². The van der Waals surface area contributed by atoms with Gasteiger partial charge in [0.2, 0.25) is 6.54 Å². The first-order chi connectivity index (χ1) is 8.91. The predicted octanol–water partition coefficient (Wildman–Crippen LogP) is 3.84. The van der Waals surface area contributed by atoms with Crippen molar-refractivity contribution in [3.63, 3.8) is 0 Å². The molecule has 0 atom stereocenters. The minimum atomic E-state index is -4.73. The van der Waals surface area contributed by atoms with Crippen molar-refractivity contribution in [3.8, 4) is 0 Å². The maximum absolute atomic E-state index is 13.1. The number of aliphatic imine (C=N–C) groups is 1. The van der Waals surface area contributed by atoms with Gasteiger partial charge < -0.3 is 4.85 Å². The fourth-order valence-electron chi connectivity index (χ4n) is 1.77. The Morgan fingerprint density at radius 1 is 1.32 bits per heavy atom. The van der Waals surface area contributed by atoms with Crippen molar-refractivity contribution in [3.05, 3.63) is 58.3 Å². The molecule has 0 fully saturated rings. The normalized spacial score (nSPS) is 14.9. The van der Waals surface area contributed by atoms with Crippen LogP contribution in [0.15, 0.2) is 35.0 Å². The first-order valence-corrected chi connectivity index (χ1v) is 5.36. The van der Waals surface area contributed by atoms with Crippen LogP contribution in [0.25, 0.3) is 4.85 Å². The molecular weight excluding hydrogens is 260 g/mol. The summed E-state index contributed by atoms with van der Waals surface area (Å²) in [6, 6.07) is 2.80. The molecule has 6 heteroatoms. The molecule has 1 aliphatic heterocycles. The van der Waals surface area contributed by atoms with E-state index in [0.717, 1.165) is 17.7 Å². The summed E-state index contributed by atoms with van der Waals surface area (Å²) in [4.78, 5) is 7.17. The second-order valence-electron chi connectivity index (χ2n) is 4.05. The Morgan fingerprint density at radius 2 is 2.05 bits per heavy atom. The molecule has 19 heavy (non-hydrogen) atoms. The van der Waals surface area contributed by atoms with Gasteiger partial charge in [-0.15, -0.1) is 0 Å². The SMILES string of the molecule is [C-]#[N+]CC1=CN=C(c2ccc(F)c(C(F)(F)F)c2)C1. The van der Waals surface area contributed by atoms with Crippen molar-refractivity contribution in [2.75, 3.05) is 6.54 Å². The van der Waals surface area contributed by atoms with Crippen LogP contribution in [0.1, 0.15) is 17.5 Å². The van der Waals surface area contributed by atoms with Gasteiger partial charge in [-0.3, -0.25) is 4.99 Å². The van der Waals surface area contributed by atoms with Crippen LogP contribution in [0, 0.1) is 12.4 Å². The summed E-state index contributed by atoms with van der Waals surface area (Å²) in [6.45, 7) is 6.88. The summed E-state index contributed by atoms with van der Waals surface area (Å²) >= 11 is 0. The number of benzene rings is 1. The van der Waals surface area contributed by atoms with Crippen LogP contribution in [-0.4, -0.2) is 12.3 Å². The minimum absolute atomic E-state index is 0.167. The second-order valence-corrected chi connectivity index (χ2v) is 4.05. The van der Waals surface area contributed by atoms with Crippen LogP contribution in [0.5, 0.6) is 0 Å². The first kappa shape index (κ1) is 13.3. The fourth-order valence-corrected chi connectivity index (χ4v) is 1.77. The van der Waals surface area contributed by atoms with E-state index < -0.39 is 17.6 Å². The minimum Gasteiger partial charge on any atom is -0.312 e. The second kappa shape index (κ2) is 4.84. The molecule has 0 N–H and O–H groups in total. The highest BCUT2D eigenvalue weighted by Crippen LogP contribution is 2.32. The highest BCUT2D eigenvalue weighted by Gasteiger charge is 2.34. The summed E-state index contributed by atoms with van der Waals surface area (Å²) in [7, 11) is 0. The Bertz CT molecular complexity index is 606. The number of alkyl halides is 3. The average molecular weight is 268 g/mol. The van der Waals surface area contributed by atoms with Crippen LogP contribution < -0.4 is 0 Å². The Labute approximate surface area is 106 Å². The van der Waals surface area contributed by atoms with Gasteiger partial charge in [0.15, 0.2) is 0 Å². The van der Waals surface area contributed by atoms with E-state index in [1.54, 1.807) is 0 Å². The number of hydrogen-bond acceptors (Lipinski definition) is 1. The fraction of sp³-hybridized carbons (Fsp3) is 0.231. The van der Waals surface area contributed by atoms with Gasteiger partial charge in [-0.2, -0.15) is 13.2 Å². The third-order valence-corrected chi connectivity index (χ3v) is 2.68. The van der Waals surface area contributed by atoms with E-state index >= 15 is 0 Å². The molecule has 0 saturated heterocycles. The average Bonchev–Trinajstić information content (AvgIpc) is 2.77. The maximum atomic E-state index is 13.1. The van der Waals surface area contributed by atoms with Crippen molar-refractivity contribution < 1.29 is 17.6 Å². The third kappa shape index (κ3) is 2.81. The van der Waals surface area contributed by atoms with Gasteiger partial charge in [0.1, 0.15) is 5.82 Å². The number of halogens is 4. The summed E-state index contributed by atoms with van der Waals surface area (Å²) in [6.07, 6.45) is -2.93. The van der Waals surface area contributed by atoms with Crippen molar-refractivity contribution in [1.29, 1.82) is 0 Å². The first-order valence-electron chi connectivity index (χ1n) is 5.36. The molecule has 0 unspecified atom stereocenters. The van der Waals surface area contributed by atoms with Gasteiger partial charge in [0, 0.05) is 18.2 Å². The van der Waals surface area contributed by atoms with Crippen LogP contribution >= 0.6 is 0 Å². The lowest BCUT2D eigenvalue weighted by atomic mass is 10.0. The Kier molecular flexibility index (Phi) is 3.38. The van der Waals surface area contributed by atoms with Crippen molar-refractivity contribution in [1.82, 2.24) is 0 Å². The molecule has 98 valence electrons. The van der Waals surface area contributed by atoms with Crippen molar-refractivity contribution in [2.24, 2.45) is 4.99 Å². The smallest absolute Gasteiger partial charge is 0.312 e. The van der Waals surface area contributed by atoms with Gasteiger partial charge >= 0.3 is 6.18 Å². The van der Waals surface area contributed by atoms with E-state index in [1.165, 1.54) is 12.3 Å².